The molecule has 8 nitrogen and oxygen atoms in total. The first kappa shape index (κ1) is 21.6. The van der Waals surface area contributed by atoms with Crippen LogP contribution < -0.4 is 5.73 Å². The molecular formula is C20H21FN4O4S2. The SMILES string of the molecule is Nc1cnc(-c2ccc(-c3cccnc3S(=O)(=O)C3CCS(O)(O)CC3)cc2F)cn1. The van der Waals surface area contributed by atoms with Crippen LogP contribution in [0.5, 0.6) is 0 Å². The molecule has 1 aliphatic heterocycles. The lowest BCUT2D eigenvalue weighted by atomic mass is 10.0. The Morgan fingerprint density at radius 2 is 1.77 bits per heavy atom. The number of anilines is 1. The van der Waals surface area contributed by atoms with E-state index in [0.717, 1.165) is 0 Å². The summed E-state index contributed by atoms with van der Waals surface area (Å²) in [4.78, 5) is 12.1. The second-order valence-electron chi connectivity index (χ2n) is 7.33. The van der Waals surface area contributed by atoms with Gasteiger partial charge in [-0.25, -0.2) is 22.8 Å². The highest BCUT2D eigenvalue weighted by molar-refractivity contribution is 8.24. The molecule has 0 atom stereocenters. The standard InChI is InChI=1S/C20H21FN4O4S2/c21-17-10-13(3-4-16(17)18-11-25-19(22)12-24-18)15-2-1-7-23-20(15)31(28,29)14-5-8-30(26,27)9-6-14/h1-4,7,10-12,14,26-27H,5-6,8-9H2,(H2,22,25). The minimum absolute atomic E-state index is 0.0466. The molecule has 1 saturated heterocycles. The van der Waals surface area contributed by atoms with Crippen molar-refractivity contribution in [3.63, 3.8) is 0 Å². The van der Waals surface area contributed by atoms with Crippen molar-refractivity contribution in [3.05, 3.63) is 54.7 Å². The number of pyridine rings is 1. The molecule has 0 saturated carbocycles. The lowest BCUT2D eigenvalue weighted by molar-refractivity contribution is 0.467. The van der Waals surface area contributed by atoms with Crippen LogP contribution in [0.1, 0.15) is 12.8 Å². The van der Waals surface area contributed by atoms with E-state index >= 15 is 0 Å². The van der Waals surface area contributed by atoms with Crippen molar-refractivity contribution < 1.29 is 21.9 Å². The molecule has 2 aromatic heterocycles. The molecule has 4 N–H and O–H groups in total. The third-order valence-electron chi connectivity index (χ3n) is 5.24. The molecule has 0 unspecified atom stereocenters. The minimum Gasteiger partial charge on any atom is -0.382 e. The Kier molecular flexibility index (Phi) is 5.69. The third kappa shape index (κ3) is 4.40. The van der Waals surface area contributed by atoms with Crippen LogP contribution in [0.25, 0.3) is 22.4 Å². The minimum atomic E-state index is -3.85. The summed E-state index contributed by atoms with van der Waals surface area (Å²) in [6.07, 6.45) is 4.35. The maximum atomic E-state index is 14.9. The highest BCUT2D eigenvalue weighted by Gasteiger charge is 2.36. The Bertz CT molecular complexity index is 1210. The fourth-order valence-corrected chi connectivity index (χ4v) is 7.26. The number of sulfone groups is 1. The van der Waals surface area contributed by atoms with Crippen molar-refractivity contribution >= 4 is 26.2 Å². The van der Waals surface area contributed by atoms with Gasteiger partial charge in [-0.3, -0.25) is 14.1 Å². The third-order valence-corrected chi connectivity index (χ3v) is 9.23. The van der Waals surface area contributed by atoms with Crippen LogP contribution in [-0.4, -0.2) is 49.2 Å². The highest BCUT2D eigenvalue weighted by Crippen LogP contribution is 2.46. The van der Waals surface area contributed by atoms with Gasteiger partial charge in [0.05, 0.1) is 23.3 Å². The molecule has 3 aromatic rings. The van der Waals surface area contributed by atoms with E-state index in [2.05, 4.69) is 15.0 Å². The molecule has 0 spiro atoms. The van der Waals surface area contributed by atoms with E-state index in [4.69, 9.17) is 5.73 Å². The second kappa shape index (κ2) is 8.15. The Labute approximate surface area is 180 Å². The van der Waals surface area contributed by atoms with Gasteiger partial charge in [0.2, 0.25) is 0 Å². The number of nitrogens with zero attached hydrogens (tertiary/aromatic N) is 3. The molecule has 0 aliphatic carbocycles. The quantitative estimate of drug-likeness (QED) is 0.532. The first-order valence-electron chi connectivity index (χ1n) is 9.48. The molecule has 4 rings (SSSR count). The van der Waals surface area contributed by atoms with Gasteiger partial charge in [0, 0.05) is 28.8 Å². The second-order valence-corrected chi connectivity index (χ2v) is 11.9. The molecule has 164 valence electrons. The number of rotatable bonds is 4. The predicted octanol–water partition coefficient (Wildman–Crippen LogP) is 3.61. The molecule has 0 radical (unpaired) electrons. The molecule has 11 heteroatoms. The molecule has 3 heterocycles. The molecule has 1 fully saturated rings. The van der Waals surface area contributed by atoms with E-state index in [1.165, 1.54) is 30.7 Å². The maximum Gasteiger partial charge on any atom is 0.199 e. The molecule has 1 aromatic carbocycles. The summed E-state index contributed by atoms with van der Waals surface area (Å²) in [5.74, 6) is -0.277. The van der Waals surface area contributed by atoms with E-state index in [1.807, 2.05) is 0 Å². The first-order chi connectivity index (χ1) is 14.7. The Morgan fingerprint density at radius 3 is 2.42 bits per heavy atom. The molecule has 31 heavy (non-hydrogen) atoms. The van der Waals surface area contributed by atoms with E-state index in [9.17, 15) is 21.9 Å². The average molecular weight is 465 g/mol. The largest absolute Gasteiger partial charge is 0.382 e. The summed E-state index contributed by atoms with van der Waals surface area (Å²) in [6.45, 7) is 0. The van der Waals surface area contributed by atoms with Crippen molar-refractivity contribution in [1.82, 2.24) is 15.0 Å². The fraction of sp³-hybridized carbons (Fsp3) is 0.250. The summed E-state index contributed by atoms with van der Waals surface area (Å²) in [6, 6.07) is 7.51. The van der Waals surface area contributed by atoms with Gasteiger partial charge >= 0.3 is 0 Å². The van der Waals surface area contributed by atoms with Gasteiger partial charge in [0.15, 0.2) is 14.9 Å². The lowest BCUT2D eigenvalue weighted by Gasteiger charge is -2.38. The van der Waals surface area contributed by atoms with Crippen molar-refractivity contribution in [2.45, 2.75) is 23.1 Å². The number of halogens is 1. The van der Waals surface area contributed by atoms with Gasteiger partial charge in [-0.15, -0.1) is 0 Å². The van der Waals surface area contributed by atoms with Gasteiger partial charge in [0.25, 0.3) is 0 Å². The lowest BCUT2D eigenvalue weighted by Crippen LogP contribution is -2.31. The number of hydrogen-bond donors (Lipinski definition) is 3. The van der Waals surface area contributed by atoms with E-state index in [0.29, 0.717) is 11.3 Å². The zero-order valence-corrected chi connectivity index (χ0v) is 18.0. The first-order valence-corrected chi connectivity index (χ1v) is 12.9. The molecule has 0 amide bonds. The Balaban J connectivity index is 1.70. The number of nitrogen functional groups attached to an aromatic ring is 1. The van der Waals surface area contributed by atoms with Crippen LogP contribution in [0.15, 0.2) is 53.9 Å². The van der Waals surface area contributed by atoms with E-state index in [-0.39, 0.29) is 46.3 Å². The average Bonchev–Trinajstić information content (AvgIpc) is 2.74. The number of benzene rings is 1. The van der Waals surface area contributed by atoms with Gasteiger partial charge in [-0.1, -0.05) is 6.07 Å². The van der Waals surface area contributed by atoms with Gasteiger partial charge < -0.3 is 5.73 Å². The van der Waals surface area contributed by atoms with E-state index < -0.39 is 31.5 Å². The fourth-order valence-electron chi connectivity index (χ4n) is 3.56. The summed E-state index contributed by atoms with van der Waals surface area (Å²) >= 11 is 0. The smallest absolute Gasteiger partial charge is 0.199 e. The summed E-state index contributed by atoms with van der Waals surface area (Å²) < 4.78 is 61.0. The Hall–Kier alpha value is -2.60. The monoisotopic (exact) mass is 464 g/mol. The summed E-state index contributed by atoms with van der Waals surface area (Å²) in [7, 11) is -6.56. The van der Waals surface area contributed by atoms with Crippen molar-refractivity contribution in [2.75, 3.05) is 17.2 Å². The zero-order valence-electron chi connectivity index (χ0n) is 16.3. The highest BCUT2D eigenvalue weighted by atomic mass is 32.3. The number of aromatic nitrogens is 3. The van der Waals surface area contributed by atoms with Crippen LogP contribution >= 0.6 is 10.6 Å². The molecule has 1 aliphatic rings. The van der Waals surface area contributed by atoms with Crippen LogP contribution in [0, 0.1) is 5.82 Å². The topological polar surface area (TPSA) is 139 Å². The van der Waals surface area contributed by atoms with Crippen molar-refractivity contribution in [1.29, 1.82) is 0 Å². The summed E-state index contributed by atoms with van der Waals surface area (Å²) in [5, 5.41) is -0.909. The summed E-state index contributed by atoms with van der Waals surface area (Å²) in [5.41, 5.74) is 6.68. The molecular weight excluding hydrogens is 443 g/mol. The zero-order chi connectivity index (χ0) is 22.2. The number of nitrogens with two attached hydrogens (primary N) is 1. The number of hydrogen-bond acceptors (Lipinski definition) is 8. The van der Waals surface area contributed by atoms with Gasteiger partial charge in [-0.2, -0.15) is 10.6 Å². The van der Waals surface area contributed by atoms with E-state index in [1.54, 1.807) is 18.2 Å². The van der Waals surface area contributed by atoms with Crippen LogP contribution in [0.4, 0.5) is 10.2 Å². The Morgan fingerprint density at radius 1 is 1.03 bits per heavy atom. The maximum absolute atomic E-state index is 14.9. The van der Waals surface area contributed by atoms with Crippen LogP contribution in [0.2, 0.25) is 0 Å². The molecule has 0 bridgehead atoms. The normalized spacial score (nSPS) is 17.9. The van der Waals surface area contributed by atoms with Gasteiger partial charge in [-0.05, 0) is 42.7 Å². The van der Waals surface area contributed by atoms with Crippen molar-refractivity contribution in [3.8, 4) is 22.4 Å². The predicted molar refractivity (Wildman–Crippen MR) is 118 cm³/mol. The van der Waals surface area contributed by atoms with Gasteiger partial charge in [0.1, 0.15) is 11.6 Å². The van der Waals surface area contributed by atoms with Crippen LogP contribution in [-0.2, 0) is 9.84 Å². The van der Waals surface area contributed by atoms with Crippen LogP contribution in [0.3, 0.4) is 0 Å². The van der Waals surface area contributed by atoms with Crippen molar-refractivity contribution in [2.24, 2.45) is 0 Å².